The molecule has 0 aromatic carbocycles. The second kappa shape index (κ2) is 10.5. The van der Waals surface area contributed by atoms with Crippen LogP contribution in [0.5, 0.6) is 0 Å². The third kappa shape index (κ3) is 6.27. The highest BCUT2D eigenvalue weighted by Gasteiger charge is 2.53. The van der Waals surface area contributed by atoms with E-state index in [1.807, 2.05) is 0 Å². The van der Waals surface area contributed by atoms with Crippen LogP contribution in [-0.2, 0) is 0 Å². The molecule has 0 aromatic rings. The molecule has 0 N–H and O–H groups in total. The summed E-state index contributed by atoms with van der Waals surface area (Å²) in [6, 6.07) is 0. The molecular formula is C26H50. The second-order valence-electron chi connectivity index (χ2n) is 11.0. The first-order chi connectivity index (χ1) is 12.4. The van der Waals surface area contributed by atoms with E-state index < -0.39 is 0 Å². The molecular weight excluding hydrogens is 312 g/mol. The van der Waals surface area contributed by atoms with Crippen molar-refractivity contribution in [3.63, 3.8) is 0 Å². The van der Waals surface area contributed by atoms with Crippen molar-refractivity contribution in [2.24, 2.45) is 40.9 Å². The highest BCUT2D eigenvalue weighted by Crippen LogP contribution is 2.62. The van der Waals surface area contributed by atoms with Gasteiger partial charge >= 0.3 is 0 Å². The van der Waals surface area contributed by atoms with E-state index >= 15 is 0 Å². The number of hydrogen-bond acceptors (Lipinski definition) is 0. The Hall–Kier alpha value is 0. The van der Waals surface area contributed by atoms with Gasteiger partial charge < -0.3 is 0 Å². The third-order valence-electron chi connectivity index (χ3n) is 8.28. The highest BCUT2D eigenvalue weighted by molar-refractivity contribution is 5.03. The van der Waals surface area contributed by atoms with Gasteiger partial charge in [0.25, 0.3) is 0 Å². The Kier molecular flexibility index (Phi) is 9.02. The minimum absolute atomic E-state index is 0.750. The predicted octanol–water partition coefficient (Wildman–Crippen LogP) is 8.89. The molecule has 2 aliphatic carbocycles. The van der Waals surface area contributed by atoms with Crippen molar-refractivity contribution in [1.82, 2.24) is 0 Å². The normalized spacial score (nSPS) is 38.0. The van der Waals surface area contributed by atoms with Gasteiger partial charge in [0.05, 0.1) is 0 Å². The maximum atomic E-state index is 2.63. The van der Waals surface area contributed by atoms with E-state index in [9.17, 15) is 0 Å². The van der Waals surface area contributed by atoms with Crippen LogP contribution < -0.4 is 0 Å². The van der Waals surface area contributed by atoms with Gasteiger partial charge in [-0.25, -0.2) is 0 Å². The van der Waals surface area contributed by atoms with Crippen LogP contribution in [0.15, 0.2) is 0 Å². The molecule has 0 heterocycles. The van der Waals surface area contributed by atoms with Crippen molar-refractivity contribution in [2.75, 3.05) is 0 Å². The summed E-state index contributed by atoms with van der Waals surface area (Å²) < 4.78 is 0. The lowest BCUT2D eigenvalue weighted by atomic mass is 9.72. The predicted molar refractivity (Wildman–Crippen MR) is 117 cm³/mol. The highest BCUT2D eigenvalue weighted by atomic mass is 14.6. The fraction of sp³-hybridized carbons (Fsp3) is 1.00. The fourth-order valence-electron chi connectivity index (χ4n) is 6.86. The molecule has 0 aromatic heterocycles. The van der Waals surface area contributed by atoms with Crippen molar-refractivity contribution in [1.29, 1.82) is 0 Å². The molecule has 0 radical (unpaired) electrons. The topological polar surface area (TPSA) is 0 Å². The van der Waals surface area contributed by atoms with E-state index in [1.54, 1.807) is 6.42 Å². The first kappa shape index (κ1) is 22.3. The van der Waals surface area contributed by atoms with Crippen LogP contribution in [0.1, 0.15) is 125 Å². The molecule has 6 unspecified atom stereocenters. The van der Waals surface area contributed by atoms with Crippen molar-refractivity contribution < 1.29 is 0 Å². The molecule has 2 rings (SSSR count). The summed E-state index contributed by atoms with van der Waals surface area (Å²) in [5, 5.41) is 0. The van der Waals surface area contributed by atoms with Crippen LogP contribution in [0.3, 0.4) is 0 Å². The minimum Gasteiger partial charge on any atom is -0.0654 e. The van der Waals surface area contributed by atoms with Gasteiger partial charge in [0.2, 0.25) is 0 Å². The lowest BCUT2D eigenvalue weighted by molar-refractivity contribution is 0.165. The van der Waals surface area contributed by atoms with Crippen molar-refractivity contribution in [3.05, 3.63) is 0 Å². The molecule has 6 atom stereocenters. The molecule has 2 saturated carbocycles. The molecule has 0 nitrogen and oxygen atoms in total. The summed E-state index contributed by atoms with van der Waals surface area (Å²) in [5.41, 5.74) is 0.750. The van der Waals surface area contributed by atoms with Crippen LogP contribution in [0.4, 0.5) is 0 Å². The number of rotatable bonds is 6. The summed E-state index contributed by atoms with van der Waals surface area (Å²) in [7, 11) is 0. The summed E-state index contributed by atoms with van der Waals surface area (Å²) in [6.45, 7) is 14.9. The summed E-state index contributed by atoms with van der Waals surface area (Å²) >= 11 is 0. The molecule has 0 bridgehead atoms. The maximum Gasteiger partial charge on any atom is -0.0264 e. The Bertz CT molecular complexity index is 383. The molecule has 0 heteroatoms. The smallest absolute Gasteiger partial charge is 0.0264 e. The summed E-state index contributed by atoms with van der Waals surface area (Å²) in [6.07, 6.45) is 19.4. The Balaban J connectivity index is 2.09. The fourth-order valence-corrected chi connectivity index (χ4v) is 6.86. The second-order valence-corrected chi connectivity index (χ2v) is 11.0. The van der Waals surface area contributed by atoms with Gasteiger partial charge in [0.1, 0.15) is 0 Å². The molecule has 2 aliphatic rings. The van der Waals surface area contributed by atoms with E-state index in [0.29, 0.717) is 0 Å². The molecule has 2 fully saturated rings. The largest absolute Gasteiger partial charge is 0.0654 e. The van der Waals surface area contributed by atoms with Crippen LogP contribution in [-0.4, -0.2) is 0 Å². The molecule has 0 aliphatic heterocycles. The third-order valence-corrected chi connectivity index (χ3v) is 8.28. The van der Waals surface area contributed by atoms with Crippen LogP contribution >= 0.6 is 0 Å². The first-order valence-electron chi connectivity index (χ1n) is 12.4. The Morgan fingerprint density at radius 1 is 0.885 bits per heavy atom. The SMILES string of the molecule is CCCC12CC(C)C(C(C)CC(C)C)CCCCC(CC)CCCC1C2. The minimum atomic E-state index is 0.750. The van der Waals surface area contributed by atoms with Crippen LogP contribution in [0.25, 0.3) is 0 Å². The summed E-state index contributed by atoms with van der Waals surface area (Å²) in [4.78, 5) is 0. The first-order valence-corrected chi connectivity index (χ1v) is 12.4. The van der Waals surface area contributed by atoms with E-state index in [4.69, 9.17) is 0 Å². The molecule has 26 heavy (non-hydrogen) atoms. The zero-order valence-corrected chi connectivity index (χ0v) is 19.2. The Morgan fingerprint density at radius 3 is 2.23 bits per heavy atom. The zero-order valence-electron chi connectivity index (χ0n) is 19.2. The Labute approximate surface area is 166 Å². The number of hydrogen-bond donors (Lipinski definition) is 0. The average molecular weight is 363 g/mol. The van der Waals surface area contributed by atoms with Gasteiger partial charge in [-0.1, -0.05) is 86.5 Å². The van der Waals surface area contributed by atoms with Crippen molar-refractivity contribution in [2.45, 2.75) is 125 Å². The lowest BCUT2D eigenvalue weighted by Gasteiger charge is -2.34. The van der Waals surface area contributed by atoms with Crippen molar-refractivity contribution in [3.8, 4) is 0 Å². The summed E-state index contributed by atoms with van der Waals surface area (Å²) in [5.74, 6) is 5.75. The van der Waals surface area contributed by atoms with Gasteiger partial charge in [-0.05, 0) is 79.4 Å². The Morgan fingerprint density at radius 2 is 1.58 bits per heavy atom. The van der Waals surface area contributed by atoms with E-state index in [0.717, 1.165) is 40.9 Å². The van der Waals surface area contributed by atoms with Gasteiger partial charge in [-0.3, -0.25) is 0 Å². The quantitative estimate of drug-likeness (QED) is 0.442. The van der Waals surface area contributed by atoms with Crippen LogP contribution in [0.2, 0.25) is 0 Å². The van der Waals surface area contributed by atoms with E-state index in [1.165, 1.54) is 77.0 Å². The maximum absolute atomic E-state index is 2.63. The van der Waals surface area contributed by atoms with Gasteiger partial charge in [-0.15, -0.1) is 0 Å². The van der Waals surface area contributed by atoms with E-state index in [2.05, 4.69) is 41.5 Å². The molecule has 154 valence electrons. The van der Waals surface area contributed by atoms with Gasteiger partial charge in [0.15, 0.2) is 0 Å². The number of fused-ring (bicyclic) bond motifs is 1. The zero-order chi connectivity index (χ0) is 19.2. The van der Waals surface area contributed by atoms with Crippen molar-refractivity contribution >= 4 is 0 Å². The van der Waals surface area contributed by atoms with E-state index in [-0.39, 0.29) is 0 Å². The molecule has 0 spiro atoms. The monoisotopic (exact) mass is 362 g/mol. The van der Waals surface area contributed by atoms with Gasteiger partial charge in [-0.2, -0.15) is 0 Å². The van der Waals surface area contributed by atoms with Gasteiger partial charge in [0, 0.05) is 0 Å². The standard InChI is InChI=1S/C26H50/c1-7-16-26-18-22(6)25(21(5)17-20(3)4)15-10-9-12-23(8-2)13-11-14-24(26)19-26/h20-25H,7-19H2,1-6H3. The lowest BCUT2D eigenvalue weighted by Crippen LogP contribution is -2.24. The molecule has 0 saturated heterocycles. The van der Waals surface area contributed by atoms with Crippen LogP contribution in [0, 0.1) is 40.9 Å². The average Bonchev–Trinajstić information content (AvgIpc) is 3.23. The molecule has 0 amide bonds.